The lowest BCUT2D eigenvalue weighted by Gasteiger charge is -2.11. The molecule has 1 N–H and O–H groups in total. The molecule has 1 aromatic carbocycles. The number of carbonyl (C=O) groups is 2. The van der Waals surface area contributed by atoms with Crippen molar-refractivity contribution in [2.75, 3.05) is 6.61 Å². The Bertz CT molecular complexity index is 1260. The zero-order chi connectivity index (χ0) is 21.4. The summed E-state index contributed by atoms with van der Waals surface area (Å²) in [5, 5.41) is 2.55. The van der Waals surface area contributed by atoms with Gasteiger partial charge in [-0.15, -0.1) is 11.3 Å². The third-order valence-electron chi connectivity index (χ3n) is 4.88. The highest BCUT2D eigenvalue weighted by Gasteiger charge is 2.24. The second-order valence-corrected chi connectivity index (χ2v) is 9.07. The van der Waals surface area contributed by atoms with Gasteiger partial charge >= 0.3 is 0 Å². The van der Waals surface area contributed by atoms with Crippen LogP contribution in [0, 0.1) is 20.8 Å². The van der Waals surface area contributed by atoms with Crippen molar-refractivity contribution in [1.82, 2.24) is 14.9 Å². The average molecular weight is 442 g/mol. The number of benzene rings is 1. The van der Waals surface area contributed by atoms with Gasteiger partial charge in [-0.05, 0) is 61.9 Å². The van der Waals surface area contributed by atoms with Crippen LogP contribution in [0.2, 0.25) is 0 Å². The number of nitrogens with one attached hydrogen (secondary N) is 1. The van der Waals surface area contributed by atoms with Crippen LogP contribution in [0.4, 0.5) is 4.79 Å². The van der Waals surface area contributed by atoms with Crippen LogP contribution in [-0.4, -0.2) is 27.3 Å². The highest BCUT2D eigenvalue weighted by Crippen LogP contribution is 2.27. The Morgan fingerprint density at radius 2 is 1.87 bits per heavy atom. The highest BCUT2D eigenvalue weighted by molar-refractivity contribution is 8.18. The molecule has 9 heteroatoms. The van der Waals surface area contributed by atoms with Crippen LogP contribution in [0.5, 0.6) is 5.75 Å². The summed E-state index contributed by atoms with van der Waals surface area (Å²) in [6.45, 7) is 6.50. The number of ether oxygens (including phenoxy) is 1. The standard InChI is InChI=1S/C21H19N3O4S2/c1-11-12(2)29-19-17(11)20(26)24(13(3)22-19)8-9-28-15-6-4-14(5-7-15)10-16-18(25)23-21(27)30-16/h4-7,10H,8-9H2,1-3H3,(H,23,25,27)/b16-10-. The van der Waals surface area contributed by atoms with E-state index in [4.69, 9.17) is 4.74 Å². The minimum Gasteiger partial charge on any atom is -0.492 e. The molecular formula is C21H19N3O4S2. The van der Waals surface area contributed by atoms with Crippen molar-refractivity contribution in [1.29, 1.82) is 0 Å². The number of hydrogen-bond acceptors (Lipinski definition) is 7. The molecule has 1 aliphatic heterocycles. The summed E-state index contributed by atoms with van der Waals surface area (Å²) in [4.78, 5) is 42.6. The summed E-state index contributed by atoms with van der Waals surface area (Å²) in [5.41, 5.74) is 1.74. The fourth-order valence-corrected chi connectivity index (χ4v) is 4.93. The van der Waals surface area contributed by atoms with E-state index in [1.54, 1.807) is 34.1 Å². The zero-order valence-electron chi connectivity index (χ0n) is 16.6. The molecule has 3 heterocycles. The molecule has 1 fully saturated rings. The van der Waals surface area contributed by atoms with E-state index in [0.717, 1.165) is 32.6 Å². The Balaban J connectivity index is 1.44. The molecule has 4 rings (SSSR count). The number of amides is 2. The first-order valence-corrected chi connectivity index (χ1v) is 10.9. The number of aromatic nitrogens is 2. The van der Waals surface area contributed by atoms with Crippen molar-refractivity contribution in [2.24, 2.45) is 0 Å². The zero-order valence-corrected chi connectivity index (χ0v) is 18.3. The molecule has 0 saturated carbocycles. The van der Waals surface area contributed by atoms with Crippen LogP contribution < -0.4 is 15.6 Å². The van der Waals surface area contributed by atoms with E-state index >= 15 is 0 Å². The number of hydrogen-bond donors (Lipinski definition) is 1. The SMILES string of the molecule is Cc1sc2nc(C)n(CCOc3ccc(/C=C4\SC(=O)NC4=O)cc3)c(=O)c2c1C. The van der Waals surface area contributed by atoms with Gasteiger partial charge < -0.3 is 4.74 Å². The quantitative estimate of drug-likeness (QED) is 0.606. The van der Waals surface area contributed by atoms with Crippen molar-refractivity contribution in [3.8, 4) is 5.75 Å². The van der Waals surface area contributed by atoms with E-state index in [-0.39, 0.29) is 16.7 Å². The van der Waals surface area contributed by atoms with E-state index in [9.17, 15) is 14.4 Å². The van der Waals surface area contributed by atoms with E-state index in [1.807, 2.05) is 32.9 Å². The summed E-state index contributed by atoms with van der Waals surface area (Å²) in [7, 11) is 0. The minimum atomic E-state index is -0.382. The van der Waals surface area contributed by atoms with Crippen molar-refractivity contribution in [3.05, 3.63) is 61.4 Å². The predicted molar refractivity (Wildman–Crippen MR) is 119 cm³/mol. The lowest BCUT2D eigenvalue weighted by molar-refractivity contribution is -0.115. The number of thioether (sulfide) groups is 1. The molecular weight excluding hydrogens is 422 g/mol. The number of imide groups is 1. The highest BCUT2D eigenvalue weighted by atomic mass is 32.2. The molecule has 2 aromatic heterocycles. The lowest BCUT2D eigenvalue weighted by Crippen LogP contribution is -2.26. The van der Waals surface area contributed by atoms with Crippen LogP contribution in [0.15, 0.2) is 34.0 Å². The Morgan fingerprint density at radius 3 is 2.53 bits per heavy atom. The van der Waals surface area contributed by atoms with Gasteiger partial charge in [0.2, 0.25) is 0 Å². The number of thiophene rings is 1. The number of rotatable bonds is 5. The van der Waals surface area contributed by atoms with Crippen molar-refractivity contribution >= 4 is 50.5 Å². The first kappa shape index (κ1) is 20.4. The maximum absolute atomic E-state index is 12.9. The monoisotopic (exact) mass is 441 g/mol. The van der Waals surface area contributed by atoms with Crippen LogP contribution in [0.3, 0.4) is 0 Å². The summed E-state index contributed by atoms with van der Waals surface area (Å²) in [6.07, 6.45) is 1.66. The van der Waals surface area contributed by atoms with Gasteiger partial charge in [-0.2, -0.15) is 0 Å². The van der Waals surface area contributed by atoms with Gasteiger partial charge in [-0.25, -0.2) is 4.98 Å². The summed E-state index contributed by atoms with van der Waals surface area (Å²) < 4.78 is 7.43. The fraction of sp³-hybridized carbons (Fsp3) is 0.238. The number of carbonyl (C=O) groups excluding carboxylic acids is 2. The van der Waals surface area contributed by atoms with Crippen LogP contribution in [-0.2, 0) is 11.3 Å². The molecule has 1 aliphatic rings. The van der Waals surface area contributed by atoms with E-state index < -0.39 is 0 Å². The van der Waals surface area contributed by atoms with Gasteiger partial charge in [0, 0.05) is 4.88 Å². The van der Waals surface area contributed by atoms with Gasteiger partial charge in [-0.3, -0.25) is 24.3 Å². The van der Waals surface area contributed by atoms with E-state index in [0.29, 0.717) is 35.0 Å². The minimum absolute atomic E-state index is 0.0354. The first-order chi connectivity index (χ1) is 14.3. The molecule has 0 unspecified atom stereocenters. The molecule has 3 aromatic rings. The average Bonchev–Trinajstić information content (AvgIpc) is 3.16. The maximum atomic E-state index is 12.9. The Kier molecular flexibility index (Phi) is 5.48. The summed E-state index contributed by atoms with van der Waals surface area (Å²) in [6, 6.07) is 7.19. The third-order valence-corrected chi connectivity index (χ3v) is 6.79. The van der Waals surface area contributed by atoms with E-state index in [2.05, 4.69) is 10.3 Å². The number of nitrogens with zero attached hydrogens (tertiary/aromatic N) is 2. The van der Waals surface area contributed by atoms with Gasteiger partial charge in [-0.1, -0.05) is 12.1 Å². The molecule has 0 aliphatic carbocycles. The third kappa shape index (κ3) is 3.90. The normalized spacial score (nSPS) is 15.2. The van der Waals surface area contributed by atoms with Gasteiger partial charge in [0.05, 0.1) is 16.8 Å². The lowest BCUT2D eigenvalue weighted by atomic mass is 10.2. The van der Waals surface area contributed by atoms with Crippen molar-refractivity contribution in [2.45, 2.75) is 27.3 Å². The summed E-state index contributed by atoms with van der Waals surface area (Å²) >= 11 is 2.43. The van der Waals surface area contributed by atoms with Gasteiger partial charge in [0.15, 0.2) is 0 Å². The van der Waals surface area contributed by atoms with Crippen LogP contribution in [0.1, 0.15) is 21.8 Å². The number of fused-ring (bicyclic) bond motifs is 1. The van der Waals surface area contributed by atoms with Crippen LogP contribution in [0.25, 0.3) is 16.3 Å². The molecule has 0 spiro atoms. The molecule has 0 bridgehead atoms. The Labute approximate surface area is 180 Å². The molecule has 0 radical (unpaired) electrons. The Hall–Kier alpha value is -2.91. The topological polar surface area (TPSA) is 90.3 Å². The van der Waals surface area contributed by atoms with Gasteiger partial charge in [0.25, 0.3) is 16.7 Å². The molecule has 154 valence electrons. The Morgan fingerprint density at radius 1 is 1.13 bits per heavy atom. The molecule has 7 nitrogen and oxygen atoms in total. The maximum Gasteiger partial charge on any atom is 0.290 e. The second kappa shape index (κ2) is 8.08. The smallest absolute Gasteiger partial charge is 0.290 e. The van der Waals surface area contributed by atoms with Crippen LogP contribution >= 0.6 is 23.1 Å². The van der Waals surface area contributed by atoms with Crippen molar-refractivity contribution < 1.29 is 14.3 Å². The predicted octanol–water partition coefficient (Wildman–Crippen LogP) is 3.79. The largest absolute Gasteiger partial charge is 0.492 e. The first-order valence-electron chi connectivity index (χ1n) is 9.28. The second-order valence-electron chi connectivity index (χ2n) is 6.85. The van der Waals surface area contributed by atoms with Gasteiger partial charge in [0.1, 0.15) is 23.0 Å². The van der Waals surface area contributed by atoms with E-state index in [1.165, 1.54) is 0 Å². The summed E-state index contributed by atoms with van der Waals surface area (Å²) in [5.74, 6) is 0.938. The molecule has 2 amide bonds. The fourth-order valence-electron chi connectivity index (χ4n) is 3.18. The number of aryl methyl sites for hydroxylation is 3. The molecule has 1 saturated heterocycles. The molecule has 0 atom stereocenters. The molecule has 30 heavy (non-hydrogen) atoms. The van der Waals surface area contributed by atoms with Crippen molar-refractivity contribution in [3.63, 3.8) is 0 Å².